The third-order valence-electron chi connectivity index (χ3n) is 0.986. The lowest BCUT2D eigenvalue weighted by Crippen LogP contribution is -2.04. The van der Waals surface area contributed by atoms with Gasteiger partial charge in [-0.1, -0.05) is 19.1 Å². The van der Waals surface area contributed by atoms with Crippen LogP contribution in [0.4, 0.5) is 0 Å². The molecule has 0 aliphatic heterocycles. The highest BCUT2D eigenvalue weighted by atomic mass is 28.3. The van der Waals surface area contributed by atoms with Gasteiger partial charge in [-0.2, -0.15) is 0 Å². The van der Waals surface area contributed by atoms with Crippen molar-refractivity contribution in [1.82, 2.24) is 0 Å². The van der Waals surface area contributed by atoms with Crippen molar-refractivity contribution < 1.29 is 5.48 Å². The van der Waals surface area contributed by atoms with Crippen LogP contribution in [0.1, 0.15) is 6.42 Å². The molecule has 0 atom stereocenters. The minimum absolute atomic E-state index is 0. The Morgan fingerprint density at radius 3 is 2.00 bits per heavy atom. The molecule has 0 aromatic carbocycles. The van der Waals surface area contributed by atoms with Crippen molar-refractivity contribution in [2.75, 3.05) is 6.54 Å². The molecule has 0 aliphatic rings. The standard InChI is InChI=1S/C5H15NSi.O/c1-7(2)5-3-4-6;/h7H,3-6H2,1-2H3;. The van der Waals surface area contributed by atoms with E-state index in [1.54, 1.807) is 0 Å². The molecule has 0 rings (SSSR count). The van der Waals surface area contributed by atoms with Gasteiger partial charge in [0.15, 0.2) is 0 Å². The number of nitrogens with two attached hydrogens (primary N) is 1. The lowest BCUT2D eigenvalue weighted by Gasteiger charge is -1.97. The minimum Gasteiger partial charge on any atom is -0.330 e. The van der Waals surface area contributed by atoms with E-state index in [0.717, 1.165) is 6.54 Å². The molecule has 2 nitrogen and oxygen atoms in total. The lowest BCUT2D eigenvalue weighted by atomic mass is 10.5. The molecule has 0 saturated carbocycles. The maximum Gasteiger partial charge on any atom is 0.0306 e. The van der Waals surface area contributed by atoms with Gasteiger partial charge >= 0.3 is 0 Å². The lowest BCUT2D eigenvalue weighted by molar-refractivity contribution is 0.686. The van der Waals surface area contributed by atoms with E-state index in [1.165, 1.54) is 12.5 Å². The molecule has 2 N–H and O–H groups in total. The second-order valence-corrected chi connectivity index (χ2v) is 5.69. The molecule has 0 spiro atoms. The zero-order valence-corrected chi connectivity index (χ0v) is 6.84. The Labute approximate surface area is 53.0 Å². The van der Waals surface area contributed by atoms with Gasteiger partial charge in [-0.05, 0) is 13.0 Å². The second-order valence-electron chi connectivity index (χ2n) is 2.32. The van der Waals surface area contributed by atoms with Crippen LogP contribution in [0.3, 0.4) is 0 Å². The summed E-state index contributed by atoms with van der Waals surface area (Å²) < 4.78 is 0. The van der Waals surface area contributed by atoms with Gasteiger partial charge in [0.05, 0.1) is 0 Å². The van der Waals surface area contributed by atoms with E-state index >= 15 is 0 Å². The van der Waals surface area contributed by atoms with Crippen LogP contribution in [0.15, 0.2) is 0 Å². The quantitative estimate of drug-likeness (QED) is 0.566. The molecule has 0 unspecified atom stereocenters. The van der Waals surface area contributed by atoms with Crippen molar-refractivity contribution in [1.29, 1.82) is 0 Å². The number of hydrogen-bond donors (Lipinski definition) is 1. The maximum atomic E-state index is 5.30. The molecule has 0 aromatic rings. The van der Waals surface area contributed by atoms with Gasteiger partial charge in [-0.25, -0.2) is 0 Å². The fraction of sp³-hybridized carbons (Fsp3) is 1.00. The van der Waals surface area contributed by atoms with Gasteiger partial charge in [-0.15, -0.1) is 0 Å². The van der Waals surface area contributed by atoms with Crippen molar-refractivity contribution in [3.8, 4) is 0 Å². The van der Waals surface area contributed by atoms with E-state index < -0.39 is 0 Å². The highest BCUT2D eigenvalue weighted by Crippen LogP contribution is 1.92. The number of hydrogen-bond acceptors (Lipinski definition) is 1. The first-order valence-electron chi connectivity index (χ1n) is 2.97. The summed E-state index contributed by atoms with van der Waals surface area (Å²) in [5.74, 6) is 0. The van der Waals surface area contributed by atoms with Crippen LogP contribution in [-0.2, 0) is 5.48 Å². The fourth-order valence-electron chi connectivity index (χ4n) is 0.526. The predicted molar refractivity (Wildman–Crippen MR) is 38.0 cm³/mol. The summed E-state index contributed by atoms with van der Waals surface area (Å²) in [5.41, 5.74) is 5.30. The SMILES string of the molecule is C[SiH](C)CCCN.[O]. The third-order valence-corrected chi connectivity index (χ3v) is 2.55. The zero-order valence-electron chi connectivity index (χ0n) is 5.68. The summed E-state index contributed by atoms with van der Waals surface area (Å²) in [6, 6.07) is 1.41. The van der Waals surface area contributed by atoms with E-state index in [1.807, 2.05) is 0 Å². The van der Waals surface area contributed by atoms with Gasteiger partial charge in [0.25, 0.3) is 0 Å². The molecular weight excluding hydrogens is 118 g/mol. The summed E-state index contributed by atoms with van der Waals surface area (Å²) >= 11 is 0. The predicted octanol–water partition coefficient (Wildman–Crippen LogP) is 0.703. The summed E-state index contributed by atoms with van der Waals surface area (Å²) in [5, 5.41) is 0. The second kappa shape index (κ2) is 7.14. The van der Waals surface area contributed by atoms with Crippen LogP contribution in [0.25, 0.3) is 0 Å². The topological polar surface area (TPSA) is 54.5 Å². The van der Waals surface area contributed by atoms with Crippen LogP contribution in [-0.4, -0.2) is 15.3 Å². The number of rotatable bonds is 3. The monoisotopic (exact) mass is 133 g/mol. The third kappa shape index (κ3) is 9.46. The summed E-state index contributed by atoms with van der Waals surface area (Å²) in [6.45, 7) is 5.59. The smallest absolute Gasteiger partial charge is 0.0306 e. The molecule has 0 heterocycles. The molecule has 3 heteroatoms. The molecule has 0 aromatic heterocycles. The molecule has 0 bridgehead atoms. The van der Waals surface area contributed by atoms with Gasteiger partial charge in [0.1, 0.15) is 0 Å². The highest BCUT2D eigenvalue weighted by molar-refractivity contribution is 6.55. The Balaban J connectivity index is 0. The van der Waals surface area contributed by atoms with Crippen LogP contribution >= 0.6 is 0 Å². The normalized spacial score (nSPS) is 9.00. The largest absolute Gasteiger partial charge is 0.330 e. The van der Waals surface area contributed by atoms with E-state index in [-0.39, 0.29) is 14.3 Å². The van der Waals surface area contributed by atoms with E-state index in [2.05, 4.69) is 13.1 Å². The molecule has 2 radical (unpaired) electrons. The Morgan fingerprint density at radius 1 is 1.38 bits per heavy atom. The van der Waals surface area contributed by atoms with Crippen LogP contribution in [0.2, 0.25) is 19.1 Å². The van der Waals surface area contributed by atoms with Crippen LogP contribution < -0.4 is 5.73 Å². The first-order valence-corrected chi connectivity index (χ1v) is 6.10. The Kier molecular flexibility index (Phi) is 9.82. The van der Waals surface area contributed by atoms with E-state index in [4.69, 9.17) is 5.73 Å². The summed E-state index contributed by atoms with van der Waals surface area (Å²) in [7, 11) is -0.268. The van der Waals surface area contributed by atoms with E-state index in [9.17, 15) is 0 Å². The fourth-order valence-corrected chi connectivity index (χ4v) is 1.58. The molecule has 50 valence electrons. The molecule has 8 heavy (non-hydrogen) atoms. The Hall–Kier alpha value is 0.137. The van der Waals surface area contributed by atoms with Crippen molar-refractivity contribution in [2.24, 2.45) is 5.73 Å². The van der Waals surface area contributed by atoms with Crippen LogP contribution in [0.5, 0.6) is 0 Å². The molecule has 0 amide bonds. The summed E-state index contributed by atoms with van der Waals surface area (Å²) in [4.78, 5) is 0. The maximum absolute atomic E-state index is 5.30. The van der Waals surface area contributed by atoms with Crippen molar-refractivity contribution >= 4 is 8.80 Å². The van der Waals surface area contributed by atoms with Gasteiger partial charge in [-0.3, -0.25) is 0 Å². The molecular formula is C5H15NOSi. The Bertz CT molecular complexity index is 41.4. The van der Waals surface area contributed by atoms with Gasteiger partial charge in [0, 0.05) is 14.3 Å². The van der Waals surface area contributed by atoms with E-state index in [0.29, 0.717) is 0 Å². The molecule has 0 fully saturated rings. The van der Waals surface area contributed by atoms with Crippen LogP contribution in [0, 0.1) is 0 Å². The van der Waals surface area contributed by atoms with Crippen molar-refractivity contribution in [3.63, 3.8) is 0 Å². The highest BCUT2D eigenvalue weighted by Gasteiger charge is 1.90. The Morgan fingerprint density at radius 2 is 1.88 bits per heavy atom. The molecule has 0 aliphatic carbocycles. The average molecular weight is 133 g/mol. The zero-order chi connectivity index (χ0) is 5.70. The average Bonchev–Trinajstić information content (AvgIpc) is 1.61. The van der Waals surface area contributed by atoms with Crippen molar-refractivity contribution in [3.05, 3.63) is 0 Å². The minimum atomic E-state index is -0.268. The first kappa shape index (κ1) is 11.0. The summed E-state index contributed by atoms with van der Waals surface area (Å²) in [6.07, 6.45) is 1.24. The first-order chi connectivity index (χ1) is 3.27. The van der Waals surface area contributed by atoms with Gasteiger partial charge < -0.3 is 5.73 Å². The van der Waals surface area contributed by atoms with Crippen molar-refractivity contribution in [2.45, 2.75) is 25.6 Å². The van der Waals surface area contributed by atoms with Gasteiger partial charge in [0.2, 0.25) is 0 Å². The molecule has 0 saturated heterocycles.